The highest BCUT2D eigenvalue weighted by atomic mass is 28.1. The van der Waals surface area contributed by atoms with E-state index in [1.165, 1.54) is 53.1 Å². The predicted molar refractivity (Wildman–Crippen MR) is 87.8 cm³/mol. The van der Waals surface area contributed by atoms with E-state index in [0.29, 0.717) is 0 Å². The molecule has 0 atom stereocenters. The minimum atomic E-state index is 0.791. The Labute approximate surface area is 120 Å². The van der Waals surface area contributed by atoms with Crippen molar-refractivity contribution in [3.8, 4) is 0 Å². The fourth-order valence-corrected chi connectivity index (χ4v) is 3.07. The summed E-state index contributed by atoms with van der Waals surface area (Å²) in [5, 5.41) is 0. The van der Waals surface area contributed by atoms with E-state index < -0.39 is 0 Å². The van der Waals surface area contributed by atoms with Crippen LogP contribution in [0.4, 0.5) is 0 Å². The van der Waals surface area contributed by atoms with Crippen molar-refractivity contribution >= 4 is 10.2 Å². The van der Waals surface area contributed by atoms with Gasteiger partial charge in [-0.05, 0) is 29.9 Å². The normalized spacial score (nSPS) is 11.0. The van der Waals surface area contributed by atoms with Gasteiger partial charge in [-0.3, -0.25) is 0 Å². The lowest BCUT2D eigenvalue weighted by molar-refractivity contribution is 0.474. The van der Waals surface area contributed by atoms with Gasteiger partial charge in [0.1, 0.15) is 0 Å². The lowest BCUT2D eigenvalue weighted by Gasteiger charge is -2.17. The molecule has 0 spiro atoms. The highest BCUT2D eigenvalue weighted by molar-refractivity contribution is 6.08. The van der Waals surface area contributed by atoms with Crippen LogP contribution in [0.15, 0.2) is 60.7 Å². The summed E-state index contributed by atoms with van der Waals surface area (Å²) in [6, 6.07) is 23.3. The SMILES string of the molecule is [SiH3]CCCC(Cc1ccccc1)Cc1ccccc1. The Kier molecular flexibility index (Phi) is 5.89. The zero-order chi connectivity index (χ0) is 13.3. The Bertz CT molecular complexity index is 408. The fraction of sp³-hybridized carbons (Fsp3) is 0.333. The number of hydrogen-bond acceptors (Lipinski definition) is 0. The molecule has 2 aromatic carbocycles. The Morgan fingerprint density at radius 1 is 0.737 bits per heavy atom. The summed E-state index contributed by atoms with van der Waals surface area (Å²) in [6.07, 6.45) is 5.21. The highest BCUT2D eigenvalue weighted by Gasteiger charge is 2.10. The van der Waals surface area contributed by atoms with Crippen molar-refractivity contribution in [3.05, 3.63) is 71.8 Å². The number of rotatable bonds is 7. The molecule has 0 heterocycles. The van der Waals surface area contributed by atoms with Crippen molar-refractivity contribution in [1.29, 1.82) is 0 Å². The van der Waals surface area contributed by atoms with E-state index in [1.54, 1.807) is 0 Å². The molecular weight excluding hydrogens is 244 g/mol. The summed E-state index contributed by atoms with van der Waals surface area (Å²) in [5.74, 6) is 0.791. The second kappa shape index (κ2) is 7.95. The lowest BCUT2D eigenvalue weighted by atomic mass is 9.89. The van der Waals surface area contributed by atoms with Gasteiger partial charge in [0.15, 0.2) is 0 Å². The molecule has 0 nitrogen and oxygen atoms in total. The molecule has 0 fully saturated rings. The number of benzene rings is 2. The van der Waals surface area contributed by atoms with E-state index in [1.807, 2.05) is 0 Å². The van der Waals surface area contributed by atoms with Gasteiger partial charge in [-0.1, -0.05) is 79.5 Å². The summed E-state index contributed by atoms with van der Waals surface area (Å²) in [7, 11) is 1.34. The quantitative estimate of drug-likeness (QED) is 0.672. The van der Waals surface area contributed by atoms with Gasteiger partial charge in [0.2, 0.25) is 0 Å². The first-order valence-corrected chi connectivity index (χ1v) is 8.87. The Morgan fingerprint density at radius 2 is 1.21 bits per heavy atom. The molecule has 0 aliphatic carbocycles. The summed E-state index contributed by atoms with van der Waals surface area (Å²) < 4.78 is 0. The van der Waals surface area contributed by atoms with Gasteiger partial charge >= 0.3 is 0 Å². The lowest BCUT2D eigenvalue weighted by Crippen LogP contribution is -2.08. The molecule has 0 radical (unpaired) electrons. The van der Waals surface area contributed by atoms with Crippen molar-refractivity contribution in [2.45, 2.75) is 31.7 Å². The van der Waals surface area contributed by atoms with Gasteiger partial charge in [0.05, 0.1) is 0 Å². The smallest absolute Gasteiger partial charge is 0.00279 e. The first-order chi connectivity index (χ1) is 9.38. The van der Waals surface area contributed by atoms with Crippen LogP contribution >= 0.6 is 0 Å². The van der Waals surface area contributed by atoms with Crippen molar-refractivity contribution in [2.24, 2.45) is 5.92 Å². The second-order valence-corrected chi connectivity index (χ2v) is 6.39. The van der Waals surface area contributed by atoms with Gasteiger partial charge in [-0.2, -0.15) is 0 Å². The van der Waals surface area contributed by atoms with Crippen molar-refractivity contribution in [3.63, 3.8) is 0 Å². The molecule has 2 aromatic rings. The van der Waals surface area contributed by atoms with Crippen LogP contribution in [0.5, 0.6) is 0 Å². The zero-order valence-electron chi connectivity index (χ0n) is 11.9. The van der Waals surface area contributed by atoms with Crippen LogP contribution in [0.2, 0.25) is 6.04 Å². The highest BCUT2D eigenvalue weighted by Crippen LogP contribution is 2.20. The van der Waals surface area contributed by atoms with Crippen LogP contribution in [-0.4, -0.2) is 10.2 Å². The van der Waals surface area contributed by atoms with E-state index in [9.17, 15) is 0 Å². The molecule has 0 aromatic heterocycles. The molecule has 100 valence electrons. The van der Waals surface area contributed by atoms with E-state index in [-0.39, 0.29) is 0 Å². The van der Waals surface area contributed by atoms with E-state index in [4.69, 9.17) is 0 Å². The van der Waals surface area contributed by atoms with Crippen LogP contribution in [-0.2, 0) is 12.8 Å². The van der Waals surface area contributed by atoms with Crippen LogP contribution in [0.3, 0.4) is 0 Å². The fourth-order valence-electron chi connectivity index (χ4n) is 2.66. The standard InChI is InChI=1S/C18H24Si/c19-13-7-12-18(14-16-8-3-1-4-9-16)15-17-10-5-2-6-11-17/h1-6,8-11,18H,7,12-15H2,19H3. The van der Waals surface area contributed by atoms with Gasteiger partial charge < -0.3 is 0 Å². The maximum absolute atomic E-state index is 2.26. The van der Waals surface area contributed by atoms with Crippen LogP contribution < -0.4 is 0 Å². The Balaban J connectivity index is 1.99. The molecule has 0 saturated carbocycles. The maximum Gasteiger partial charge on any atom is 0.00279 e. The third-order valence-electron chi connectivity index (χ3n) is 3.70. The first-order valence-electron chi connectivity index (χ1n) is 7.46. The molecular formula is C18H24Si. The van der Waals surface area contributed by atoms with Crippen LogP contribution in [0.25, 0.3) is 0 Å². The molecule has 2 rings (SSSR count). The predicted octanol–water partition coefficient (Wildman–Crippen LogP) is 3.65. The second-order valence-electron chi connectivity index (χ2n) is 5.39. The Hall–Kier alpha value is -1.34. The van der Waals surface area contributed by atoms with Crippen molar-refractivity contribution in [1.82, 2.24) is 0 Å². The molecule has 0 bridgehead atoms. The Morgan fingerprint density at radius 3 is 1.63 bits per heavy atom. The molecule has 0 amide bonds. The third-order valence-corrected chi connectivity index (χ3v) is 4.41. The van der Waals surface area contributed by atoms with Gasteiger partial charge in [0.25, 0.3) is 0 Å². The summed E-state index contributed by atoms with van der Waals surface area (Å²) in [5.41, 5.74) is 2.97. The van der Waals surface area contributed by atoms with Gasteiger partial charge in [0, 0.05) is 10.2 Å². The minimum Gasteiger partial charge on any atom is -0.0658 e. The van der Waals surface area contributed by atoms with Gasteiger partial charge in [-0.15, -0.1) is 0 Å². The van der Waals surface area contributed by atoms with Gasteiger partial charge in [-0.25, -0.2) is 0 Å². The molecule has 1 heteroatoms. The van der Waals surface area contributed by atoms with Crippen molar-refractivity contribution < 1.29 is 0 Å². The largest absolute Gasteiger partial charge is 0.0658 e. The first kappa shape index (κ1) is 14.1. The average molecular weight is 268 g/mol. The number of hydrogen-bond donors (Lipinski definition) is 0. The molecule has 0 aliphatic rings. The summed E-state index contributed by atoms with van der Waals surface area (Å²) in [6.45, 7) is 0. The van der Waals surface area contributed by atoms with Crippen LogP contribution in [0.1, 0.15) is 24.0 Å². The average Bonchev–Trinajstić information content (AvgIpc) is 2.47. The van der Waals surface area contributed by atoms with E-state index >= 15 is 0 Å². The van der Waals surface area contributed by atoms with E-state index in [2.05, 4.69) is 60.7 Å². The monoisotopic (exact) mass is 268 g/mol. The molecule has 0 aliphatic heterocycles. The van der Waals surface area contributed by atoms with E-state index in [0.717, 1.165) is 5.92 Å². The molecule has 0 N–H and O–H groups in total. The molecule has 19 heavy (non-hydrogen) atoms. The van der Waals surface area contributed by atoms with Crippen molar-refractivity contribution in [2.75, 3.05) is 0 Å². The molecule has 0 unspecified atom stereocenters. The maximum atomic E-state index is 2.26. The zero-order valence-corrected chi connectivity index (χ0v) is 13.9. The minimum absolute atomic E-state index is 0.791. The summed E-state index contributed by atoms with van der Waals surface area (Å²) >= 11 is 0. The van der Waals surface area contributed by atoms with Crippen LogP contribution in [0, 0.1) is 5.92 Å². The molecule has 0 saturated heterocycles. The summed E-state index contributed by atoms with van der Waals surface area (Å²) in [4.78, 5) is 0. The third kappa shape index (κ3) is 5.04. The topological polar surface area (TPSA) is 0 Å².